The summed E-state index contributed by atoms with van der Waals surface area (Å²) in [5.41, 5.74) is -4.50. The van der Waals surface area contributed by atoms with Crippen LogP contribution in [0.25, 0.3) is 0 Å². The van der Waals surface area contributed by atoms with Gasteiger partial charge in [0.05, 0.1) is 47.6 Å². The Morgan fingerprint density at radius 1 is 1.02 bits per heavy atom. The third-order valence-electron chi connectivity index (χ3n) is 12.4. The van der Waals surface area contributed by atoms with Crippen molar-refractivity contribution in [2.45, 2.75) is 125 Å². The van der Waals surface area contributed by atoms with Gasteiger partial charge in [-0.15, -0.1) is 0 Å². The lowest BCUT2D eigenvalue weighted by atomic mass is 9.37. The molecule has 2 heterocycles. The van der Waals surface area contributed by atoms with Gasteiger partial charge in [-0.05, 0) is 62.9 Å². The Labute approximate surface area is 244 Å². The summed E-state index contributed by atoms with van der Waals surface area (Å²) in [6.07, 6.45) is -5.81. The number of carbonyl (C=O) groups is 1. The summed E-state index contributed by atoms with van der Waals surface area (Å²) in [6.45, 7) is 3.03. The zero-order valence-corrected chi connectivity index (χ0v) is 24.2. The largest absolute Gasteiger partial charge is 0.458 e. The summed E-state index contributed by atoms with van der Waals surface area (Å²) >= 11 is 0. The van der Waals surface area contributed by atoms with Crippen LogP contribution in [0.1, 0.15) is 65.2 Å². The van der Waals surface area contributed by atoms with Gasteiger partial charge in [-0.1, -0.05) is 6.92 Å². The fourth-order valence-electron chi connectivity index (χ4n) is 10.3. The summed E-state index contributed by atoms with van der Waals surface area (Å²) in [5.74, 6) is -1.95. The van der Waals surface area contributed by atoms with Crippen LogP contribution in [0.3, 0.4) is 0 Å². The van der Waals surface area contributed by atoms with Gasteiger partial charge in [0.25, 0.3) is 0 Å². The Balaban J connectivity index is 1.30. The summed E-state index contributed by atoms with van der Waals surface area (Å²) in [6, 6.07) is 0. The number of cyclic esters (lactones) is 1. The van der Waals surface area contributed by atoms with E-state index in [1.54, 1.807) is 0 Å². The molecule has 42 heavy (non-hydrogen) atoms. The molecule has 0 bridgehead atoms. The molecule has 12 nitrogen and oxygen atoms in total. The summed E-state index contributed by atoms with van der Waals surface area (Å²) in [7, 11) is 0. The van der Waals surface area contributed by atoms with Crippen molar-refractivity contribution in [2.75, 3.05) is 13.2 Å². The second-order valence-electron chi connectivity index (χ2n) is 14.2. The van der Waals surface area contributed by atoms with Gasteiger partial charge in [-0.3, -0.25) is 0 Å². The van der Waals surface area contributed by atoms with Crippen molar-refractivity contribution >= 4 is 5.97 Å². The molecular formula is C30H46O12. The number of ether oxygens (including phenoxy) is 3. The number of aliphatic hydroxyl groups excluding tert-OH is 6. The lowest BCUT2D eigenvalue weighted by molar-refractivity contribution is -0.347. The van der Waals surface area contributed by atoms with E-state index in [-0.39, 0.29) is 38.2 Å². The molecule has 0 aromatic heterocycles. The van der Waals surface area contributed by atoms with Crippen LogP contribution >= 0.6 is 0 Å². The highest BCUT2D eigenvalue weighted by Crippen LogP contribution is 2.69. The minimum atomic E-state index is -1.68. The molecule has 4 aliphatic carbocycles. The first-order valence-electron chi connectivity index (χ1n) is 15.4. The van der Waals surface area contributed by atoms with Crippen molar-refractivity contribution in [1.29, 1.82) is 0 Å². The van der Waals surface area contributed by atoms with Crippen molar-refractivity contribution in [3.8, 4) is 0 Å². The summed E-state index contributed by atoms with van der Waals surface area (Å²) in [4.78, 5) is 11.9. The highest BCUT2D eigenvalue weighted by atomic mass is 16.7. The van der Waals surface area contributed by atoms with Crippen LogP contribution in [0.4, 0.5) is 0 Å². The van der Waals surface area contributed by atoms with Gasteiger partial charge < -0.3 is 55.1 Å². The molecule has 5 fully saturated rings. The second-order valence-corrected chi connectivity index (χ2v) is 14.2. The lowest BCUT2D eigenvalue weighted by Gasteiger charge is -2.70. The number of rotatable bonds is 4. The zero-order chi connectivity index (χ0) is 30.4. The Kier molecular flexibility index (Phi) is 7.66. The molecule has 4 saturated carbocycles. The molecule has 6 aliphatic rings. The van der Waals surface area contributed by atoms with Gasteiger partial charge >= 0.3 is 5.97 Å². The number of esters is 1. The van der Waals surface area contributed by atoms with Crippen LogP contribution in [0.2, 0.25) is 0 Å². The van der Waals surface area contributed by atoms with E-state index in [4.69, 9.17) is 14.2 Å². The Hall–Kier alpha value is -1.19. The van der Waals surface area contributed by atoms with Gasteiger partial charge in [-0.2, -0.15) is 0 Å². The summed E-state index contributed by atoms with van der Waals surface area (Å²) in [5, 5.41) is 90.1. The third kappa shape index (κ3) is 4.14. The van der Waals surface area contributed by atoms with E-state index in [1.165, 1.54) is 13.0 Å². The second kappa shape index (κ2) is 10.4. The number of hydrogen-bond acceptors (Lipinski definition) is 12. The number of fused-ring (bicyclic) bond motifs is 5. The predicted molar refractivity (Wildman–Crippen MR) is 143 cm³/mol. The zero-order valence-electron chi connectivity index (χ0n) is 24.2. The minimum Gasteiger partial charge on any atom is -0.458 e. The molecular weight excluding hydrogens is 552 g/mol. The maximum atomic E-state index is 12.6. The molecule has 0 unspecified atom stereocenters. The van der Waals surface area contributed by atoms with Gasteiger partial charge in [-0.25, -0.2) is 4.79 Å². The van der Waals surface area contributed by atoms with E-state index in [0.29, 0.717) is 19.3 Å². The minimum absolute atomic E-state index is 0.0369. The molecule has 6 rings (SSSR count). The first kappa shape index (κ1) is 30.8. The molecule has 0 aromatic rings. The first-order valence-corrected chi connectivity index (χ1v) is 15.4. The Bertz CT molecular complexity index is 1100. The molecule has 238 valence electrons. The monoisotopic (exact) mass is 598 g/mol. The fourth-order valence-corrected chi connectivity index (χ4v) is 10.3. The van der Waals surface area contributed by atoms with E-state index < -0.39 is 95.5 Å². The van der Waals surface area contributed by atoms with Crippen LogP contribution in [0.5, 0.6) is 0 Å². The Morgan fingerprint density at radius 3 is 2.43 bits per heavy atom. The highest BCUT2D eigenvalue weighted by Gasteiger charge is 2.74. The van der Waals surface area contributed by atoms with Crippen LogP contribution in [-0.4, -0.2) is 120 Å². The molecule has 12 heteroatoms. The third-order valence-corrected chi connectivity index (χ3v) is 12.4. The topological polar surface area (TPSA) is 207 Å². The van der Waals surface area contributed by atoms with Crippen molar-refractivity contribution in [1.82, 2.24) is 0 Å². The van der Waals surface area contributed by atoms with E-state index in [9.17, 15) is 45.6 Å². The van der Waals surface area contributed by atoms with Crippen LogP contribution < -0.4 is 0 Å². The van der Waals surface area contributed by atoms with E-state index >= 15 is 0 Å². The van der Waals surface area contributed by atoms with E-state index in [1.807, 2.05) is 6.92 Å². The van der Waals surface area contributed by atoms with E-state index in [2.05, 4.69) is 0 Å². The van der Waals surface area contributed by atoms with Crippen LogP contribution in [0.15, 0.2) is 11.6 Å². The van der Waals surface area contributed by atoms with Gasteiger partial charge in [0.1, 0.15) is 24.9 Å². The van der Waals surface area contributed by atoms with Crippen LogP contribution in [-0.2, 0) is 19.0 Å². The molecule has 0 spiro atoms. The smallest absolute Gasteiger partial charge is 0.331 e. The standard InChI is InChI=1S/C30H46O12/c1-14-23(35)24(36)25(37)26(41-14)42-16-9-20(33)29(13-31)22-18(5-7-28(29,38)10-16)30(39)6-3-4-17(15-8-21(34)40-12-15)27(30,2)11-19(22)32/h8,14,16-20,22-26,31-33,35-39H,3-7,9-13H2,1-2H3/t14-,16-,17+,18+,19+,20+,22+,23-,24+,25+,26-,27+,28-,29+,30-/m1/s1. The highest BCUT2D eigenvalue weighted by molar-refractivity contribution is 5.85. The normalized spacial score (nSPS) is 56.1. The molecule has 8 N–H and O–H groups in total. The van der Waals surface area contributed by atoms with Gasteiger partial charge in [0, 0.05) is 30.3 Å². The maximum absolute atomic E-state index is 12.6. The molecule has 0 aromatic carbocycles. The fraction of sp³-hybridized carbons (Fsp3) is 0.900. The lowest BCUT2D eigenvalue weighted by Crippen LogP contribution is -2.77. The maximum Gasteiger partial charge on any atom is 0.331 e. The summed E-state index contributed by atoms with van der Waals surface area (Å²) < 4.78 is 16.7. The number of aliphatic hydroxyl groups is 8. The number of carbonyl (C=O) groups excluding carboxylic acids is 1. The number of hydrogen-bond donors (Lipinski definition) is 8. The van der Waals surface area contributed by atoms with Crippen LogP contribution in [0, 0.1) is 28.6 Å². The van der Waals surface area contributed by atoms with Gasteiger partial charge in [0.15, 0.2) is 6.29 Å². The molecule has 0 radical (unpaired) electrons. The molecule has 2 aliphatic heterocycles. The molecule has 0 amide bonds. The van der Waals surface area contributed by atoms with Crippen molar-refractivity contribution < 1.29 is 59.9 Å². The van der Waals surface area contributed by atoms with Crippen molar-refractivity contribution in [3.05, 3.63) is 11.6 Å². The first-order chi connectivity index (χ1) is 19.7. The Morgan fingerprint density at radius 2 is 1.76 bits per heavy atom. The van der Waals surface area contributed by atoms with E-state index in [0.717, 1.165) is 12.0 Å². The van der Waals surface area contributed by atoms with Gasteiger partial charge in [0.2, 0.25) is 0 Å². The predicted octanol–water partition coefficient (Wildman–Crippen LogP) is -1.12. The SMILES string of the molecule is C[C@H]1O[C@H](O[C@@H]2C[C@H](O)[C@@]3(CO)[C@@H]4[C@@H](O)C[C@@]5(C)[C@H](C6=CC(=O)OC6)CCC[C@@]5(O)[C@H]4CC[C@@]3(O)C2)[C@@H](O)[C@@H](O)[C@@H]1O. The van der Waals surface area contributed by atoms with Crippen molar-refractivity contribution in [2.24, 2.45) is 28.6 Å². The quantitative estimate of drug-likeness (QED) is 0.143. The average Bonchev–Trinajstić information content (AvgIpc) is 3.36. The average molecular weight is 599 g/mol. The van der Waals surface area contributed by atoms with Crippen molar-refractivity contribution in [3.63, 3.8) is 0 Å². The molecule has 15 atom stereocenters. The molecule has 1 saturated heterocycles.